The summed E-state index contributed by atoms with van der Waals surface area (Å²) in [6.45, 7) is 0.0313. The fourth-order valence-corrected chi connectivity index (χ4v) is 5.31. The average molecular weight is 521 g/mol. The van der Waals surface area contributed by atoms with Crippen LogP contribution in [0.25, 0.3) is 11.3 Å². The van der Waals surface area contributed by atoms with Crippen molar-refractivity contribution in [1.29, 1.82) is 0 Å². The van der Waals surface area contributed by atoms with Crippen LogP contribution in [0.5, 0.6) is 5.75 Å². The molecule has 2 aromatic carbocycles. The average Bonchev–Trinajstić information content (AvgIpc) is 3.34. The van der Waals surface area contributed by atoms with E-state index in [4.69, 9.17) is 0 Å². The minimum Gasteiger partial charge on any atom is -0.406 e. The summed E-state index contributed by atoms with van der Waals surface area (Å²) in [5, 5.41) is 0. The first-order chi connectivity index (χ1) is 17.0. The number of hydrogen-bond donors (Lipinski definition) is 0. The molecule has 4 rings (SSSR count). The summed E-state index contributed by atoms with van der Waals surface area (Å²) in [5.41, 5.74) is 1.81. The second-order valence-electron chi connectivity index (χ2n) is 7.99. The van der Waals surface area contributed by atoms with Crippen LogP contribution in [0.2, 0.25) is 0 Å². The second-order valence-corrected chi connectivity index (χ2v) is 9.88. The van der Waals surface area contributed by atoms with E-state index in [0.29, 0.717) is 17.7 Å². The van der Waals surface area contributed by atoms with Crippen molar-refractivity contribution in [3.05, 3.63) is 90.4 Å². The van der Waals surface area contributed by atoms with Gasteiger partial charge in [0.2, 0.25) is 10.0 Å². The lowest BCUT2D eigenvalue weighted by Gasteiger charge is -2.23. The largest absolute Gasteiger partial charge is 0.573 e. The van der Waals surface area contributed by atoms with Crippen LogP contribution in [0.15, 0.2) is 83.9 Å². The zero-order valence-electron chi connectivity index (χ0n) is 18.7. The highest BCUT2D eigenvalue weighted by molar-refractivity contribution is 7.89. The zero-order chi connectivity index (χ0) is 25.9. The van der Waals surface area contributed by atoms with Crippen LogP contribution in [-0.2, 0) is 21.2 Å². The van der Waals surface area contributed by atoms with Crippen molar-refractivity contribution < 1.29 is 35.5 Å². The quantitative estimate of drug-likeness (QED) is 0.312. The van der Waals surface area contributed by atoms with Gasteiger partial charge in [-0.25, -0.2) is 12.8 Å². The number of Topliss-reactive ketones (excluding diaryl/α,β-unsaturated/α-hetero) is 1. The van der Waals surface area contributed by atoms with E-state index in [-0.39, 0.29) is 29.4 Å². The molecule has 0 saturated heterocycles. The Balaban J connectivity index is 1.42. The maximum atomic E-state index is 13.2. The van der Waals surface area contributed by atoms with Gasteiger partial charge >= 0.3 is 6.36 Å². The minimum atomic E-state index is -4.78. The van der Waals surface area contributed by atoms with Crippen LogP contribution in [0.3, 0.4) is 0 Å². The van der Waals surface area contributed by atoms with E-state index in [1.54, 1.807) is 18.2 Å². The summed E-state index contributed by atoms with van der Waals surface area (Å²) in [5.74, 6) is -1.22. The number of sulfonamides is 1. The number of ketones is 1. The number of aryl methyl sites for hydroxylation is 1. The number of hydrogen-bond acceptors (Lipinski definition) is 5. The molecule has 2 heterocycles. The monoisotopic (exact) mass is 520 g/mol. The lowest BCUT2D eigenvalue weighted by atomic mass is 10.0. The van der Waals surface area contributed by atoms with E-state index in [2.05, 4.69) is 9.72 Å². The third-order valence-electron chi connectivity index (χ3n) is 5.53. The number of nitrogens with zero attached hydrogens (tertiary/aromatic N) is 2. The van der Waals surface area contributed by atoms with Gasteiger partial charge in [-0.15, -0.1) is 13.2 Å². The molecule has 0 spiro atoms. The van der Waals surface area contributed by atoms with Crippen LogP contribution < -0.4 is 4.74 Å². The molecule has 0 aliphatic carbocycles. The van der Waals surface area contributed by atoms with E-state index in [1.165, 1.54) is 36.5 Å². The van der Waals surface area contributed by atoms with Gasteiger partial charge in [0.1, 0.15) is 17.6 Å². The van der Waals surface area contributed by atoms with Gasteiger partial charge < -0.3 is 4.74 Å². The Labute approximate surface area is 204 Å². The van der Waals surface area contributed by atoms with Crippen molar-refractivity contribution in [2.75, 3.05) is 6.54 Å². The molecule has 1 aromatic heterocycles. The van der Waals surface area contributed by atoms with Gasteiger partial charge in [0, 0.05) is 24.7 Å². The summed E-state index contributed by atoms with van der Waals surface area (Å²) < 4.78 is 81.1. The summed E-state index contributed by atoms with van der Waals surface area (Å²) >= 11 is 0. The van der Waals surface area contributed by atoms with Gasteiger partial charge in [-0.3, -0.25) is 9.78 Å². The van der Waals surface area contributed by atoms with E-state index >= 15 is 0 Å². The number of halogens is 4. The van der Waals surface area contributed by atoms with Gasteiger partial charge in [-0.1, -0.05) is 12.2 Å². The van der Waals surface area contributed by atoms with Crippen molar-refractivity contribution in [2.45, 2.75) is 30.1 Å². The summed E-state index contributed by atoms with van der Waals surface area (Å²) in [4.78, 5) is 17.1. The predicted molar refractivity (Wildman–Crippen MR) is 123 cm³/mol. The third kappa shape index (κ3) is 5.97. The van der Waals surface area contributed by atoms with Gasteiger partial charge in [0.05, 0.1) is 10.6 Å². The van der Waals surface area contributed by atoms with Crippen LogP contribution >= 0.6 is 0 Å². The number of rotatable bonds is 8. The summed E-state index contributed by atoms with van der Waals surface area (Å²) in [6, 6.07) is 12.1. The molecule has 0 amide bonds. The number of carbonyl (C=O) groups is 1. The third-order valence-corrected chi connectivity index (χ3v) is 7.39. The maximum absolute atomic E-state index is 13.2. The first-order valence-corrected chi connectivity index (χ1v) is 12.2. The van der Waals surface area contributed by atoms with Gasteiger partial charge in [-0.05, 0) is 72.6 Å². The van der Waals surface area contributed by atoms with E-state index in [1.807, 2.05) is 0 Å². The molecule has 1 aliphatic heterocycles. The fraction of sp³-hybridized carbons (Fsp3) is 0.200. The molecule has 0 fully saturated rings. The second kappa shape index (κ2) is 10.2. The molecule has 188 valence electrons. The van der Waals surface area contributed by atoms with Crippen LogP contribution in [0.1, 0.15) is 12.0 Å². The molecule has 36 heavy (non-hydrogen) atoms. The first-order valence-electron chi connectivity index (χ1n) is 10.8. The molecule has 0 radical (unpaired) electrons. The highest BCUT2D eigenvalue weighted by atomic mass is 32.2. The number of alkyl halides is 3. The maximum Gasteiger partial charge on any atom is 0.573 e. The van der Waals surface area contributed by atoms with Crippen molar-refractivity contribution in [3.63, 3.8) is 0 Å². The molecular weight excluding hydrogens is 500 g/mol. The Hall–Kier alpha value is -3.57. The van der Waals surface area contributed by atoms with Crippen molar-refractivity contribution >= 4 is 15.8 Å². The van der Waals surface area contributed by atoms with Gasteiger partial charge in [0.25, 0.3) is 0 Å². The van der Waals surface area contributed by atoms with Crippen molar-refractivity contribution in [1.82, 2.24) is 9.29 Å². The number of ether oxygens (including phenoxy) is 1. The molecule has 0 saturated carbocycles. The Morgan fingerprint density at radius 2 is 1.75 bits per heavy atom. The van der Waals surface area contributed by atoms with Crippen LogP contribution in [0.4, 0.5) is 17.6 Å². The lowest BCUT2D eigenvalue weighted by molar-refractivity contribution is -0.274. The molecule has 6 nitrogen and oxygen atoms in total. The Morgan fingerprint density at radius 1 is 1.06 bits per heavy atom. The van der Waals surface area contributed by atoms with Crippen LogP contribution in [-0.4, -0.2) is 42.4 Å². The molecule has 0 N–H and O–H groups in total. The fourth-order valence-electron chi connectivity index (χ4n) is 3.79. The number of carbonyl (C=O) groups excluding carboxylic acids is 1. The molecule has 11 heteroatoms. The van der Waals surface area contributed by atoms with Gasteiger partial charge in [0.15, 0.2) is 5.78 Å². The number of benzene rings is 2. The molecule has 0 bridgehead atoms. The normalized spacial score (nSPS) is 16.3. The summed E-state index contributed by atoms with van der Waals surface area (Å²) in [6.07, 6.45) is 0.224. The Bertz CT molecular complexity index is 1370. The lowest BCUT2D eigenvalue weighted by Crippen LogP contribution is -2.41. The first kappa shape index (κ1) is 25.5. The highest BCUT2D eigenvalue weighted by Crippen LogP contribution is 2.27. The molecule has 3 aromatic rings. The molecule has 0 unspecified atom stereocenters. The van der Waals surface area contributed by atoms with E-state index < -0.39 is 28.2 Å². The molecule has 1 atom stereocenters. The smallest absolute Gasteiger partial charge is 0.406 e. The minimum absolute atomic E-state index is 0.0313. The van der Waals surface area contributed by atoms with Crippen molar-refractivity contribution in [3.8, 4) is 17.0 Å². The van der Waals surface area contributed by atoms with Gasteiger partial charge in [-0.2, -0.15) is 4.31 Å². The van der Waals surface area contributed by atoms with E-state index in [9.17, 15) is 30.8 Å². The topological polar surface area (TPSA) is 76.6 Å². The highest BCUT2D eigenvalue weighted by Gasteiger charge is 2.36. The van der Waals surface area contributed by atoms with Crippen molar-refractivity contribution in [2.24, 2.45) is 0 Å². The molecular formula is C25H20F4N2O4S. The zero-order valence-corrected chi connectivity index (χ0v) is 19.5. The van der Waals surface area contributed by atoms with Crippen LogP contribution in [0, 0.1) is 5.82 Å². The number of aromatic nitrogens is 1. The SMILES string of the molecule is O=C(CCc1ccnc(-c2ccc(OC(F)(F)F)cc2)c1)[C@@H]1C=CCN1S(=O)(=O)c1ccc(F)cc1. The Kier molecular flexibility index (Phi) is 7.23. The van der Waals surface area contributed by atoms with E-state index in [0.717, 1.165) is 34.1 Å². The standard InChI is InChI=1S/C25H20F4N2O4S/c26-19-6-10-21(11-7-19)36(33,34)31-15-1-2-23(31)24(32)12-3-17-13-14-30-22(16-17)18-4-8-20(9-5-18)35-25(27,28)29/h1-2,4-11,13-14,16,23H,3,12,15H2/t23-/m0/s1. The number of pyridine rings is 1. The summed E-state index contributed by atoms with van der Waals surface area (Å²) in [7, 11) is -4.00. The Morgan fingerprint density at radius 3 is 2.42 bits per heavy atom. The predicted octanol–water partition coefficient (Wildman–Crippen LogP) is 4.92. The molecule has 1 aliphatic rings.